The van der Waals surface area contributed by atoms with Crippen LogP contribution in [-0.2, 0) is 65.2 Å². The lowest BCUT2D eigenvalue weighted by Crippen LogP contribution is -2.66. The number of ether oxygens (including phenoxy) is 7. The second-order valence-electron chi connectivity index (χ2n) is 13.1. The Bertz CT molecular complexity index is 1890. The molecule has 54 heavy (non-hydrogen) atoms. The normalized spacial score (nSPS) is 21.0. The summed E-state index contributed by atoms with van der Waals surface area (Å²) in [6, 6.07) is 43.4. The average molecular weight is 751 g/mol. The van der Waals surface area contributed by atoms with Gasteiger partial charge in [0, 0.05) is 24.6 Å². The van der Waals surface area contributed by atoms with Crippen molar-refractivity contribution in [1.29, 1.82) is 0 Å². The number of halogens is 1. The molecule has 8 nitrogen and oxygen atoms in total. The van der Waals surface area contributed by atoms with E-state index in [0.717, 1.165) is 33.6 Å². The van der Waals surface area contributed by atoms with E-state index in [1.165, 1.54) is 6.92 Å². The predicted octanol–water partition coefficient (Wildman–Crippen LogP) is 8.85. The van der Waals surface area contributed by atoms with Crippen molar-refractivity contribution in [3.8, 4) is 5.75 Å². The Balaban J connectivity index is 1.44. The molecule has 5 aromatic carbocycles. The third-order valence-corrected chi connectivity index (χ3v) is 9.73. The van der Waals surface area contributed by atoms with E-state index < -0.39 is 36.2 Å². The van der Waals surface area contributed by atoms with Gasteiger partial charge in [0.05, 0.1) is 26.4 Å². The maximum Gasteiger partial charge on any atom is 0.302 e. The Hall–Kier alpha value is -4.54. The number of carbonyl (C=O) groups excluding carboxylic acids is 1. The fourth-order valence-electron chi connectivity index (χ4n) is 6.70. The smallest absolute Gasteiger partial charge is 0.302 e. The van der Waals surface area contributed by atoms with Gasteiger partial charge in [-0.15, -0.1) is 0 Å². The minimum atomic E-state index is -1.55. The van der Waals surface area contributed by atoms with Crippen LogP contribution in [0.25, 0.3) is 0 Å². The van der Waals surface area contributed by atoms with Crippen molar-refractivity contribution in [3.05, 3.63) is 172 Å². The molecule has 0 radical (unpaired) electrons. The number of rotatable bonds is 17. The highest BCUT2D eigenvalue weighted by Crippen LogP contribution is 2.45. The van der Waals surface area contributed by atoms with Crippen molar-refractivity contribution in [2.24, 2.45) is 0 Å². The van der Waals surface area contributed by atoms with E-state index >= 15 is 0 Å². The number of hydrogen-bond donors (Lipinski definition) is 0. The first-order valence-corrected chi connectivity index (χ1v) is 18.6. The quantitative estimate of drug-likeness (QED) is 0.0873. The van der Waals surface area contributed by atoms with E-state index in [2.05, 4.69) is 0 Å². The van der Waals surface area contributed by atoms with E-state index in [4.69, 9.17) is 44.8 Å². The molecule has 0 saturated carbocycles. The van der Waals surface area contributed by atoms with Gasteiger partial charge in [0.25, 0.3) is 0 Å². The van der Waals surface area contributed by atoms with Gasteiger partial charge in [0.15, 0.2) is 0 Å². The molecule has 9 heteroatoms. The molecule has 0 aromatic heterocycles. The summed E-state index contributed by atoms with van der Waals surface area (Å²) in [4.78, 5) is 12.3. The minimum absolute atomic E-state index is 0.108. The van der Waals surface area contributed by atoms with Gasteiger partial charge < -0.3 is 33.2 Å². The molecule has 282 valence electrons. The SMILES string of the molecule is CCOc1ccc(Cc2cc([C@]3(OC)O[C@H](COC(C)=O)[C@@H](OCc4ccccc4)[C@H](OCc4ccccc4)[C@H]3OCc3ccccc3)ccc2Cl)cc1. The van der Waals surface area contributed by atoms with Crippen LogP contribution >= 0.6 is 11.6 Å². The summed E-state index contributed by atoms with van der Waals surface area (Å²) in [5, 5.41) is 0.592. The van der Waals surface area contributed by atoms with Crippen molar-refractivity contribution in [3.63, 3.8) is 0 Å². The van der Waals surface area contributed by atoms with Gasteiger partial charge in [0.2, 0.25) is 5.79 Å². The van der Waals surface area contributed by atoms with E-state index in [1.807, 2.05) is 140 Å². The summed E-state index contributed by atoms with van der Waals surface area (Å²) >= 11 is 6.87. The van der Waals surface area contributed by atoms with Crippen LogP contribution in [-0.4, -0.2) is 50.7 Å². The van der Waals surface area contributed by atoms with Crippen LogP contribution in [0.2, 0.25) is 5.02 Å². The van der Waals surface area contributed by atoms with Crippen molar-refractivity contribution in [2.75, 3.05) is 20.3 Å². The van der Waals surface area contributed by atoms with Gasteiger partial charge >= 0.3 is 5.97 Å². The van der Waals surface area contributed by atoms with E-state index in [-0.39, 0.29) is 26.4 Å². The van der Waals surface area contributed by atoms with Crippen LogP contribution in [0, 0.1) is 0 Å². The standard InChI is InChI=1S/C45H47ClO8/c1-4-49-39-23-20-33(21-24-39)26-37-27-38(22-25-40(37)46)45(48-3)44(53-30-36-18-12-7-13-19-36)43(52-29-35-16-10-6-11-17-35)42(41(54-45)31-50-32(2)47)51-28-34-14-8-5-9-15-34/h5-25,27,41-44H,4,26,28-31H2,1-3H3/t41-,42-,43+,44-,45+/m1/s1. The summed E-state index contributed by atoms with van der Waals surface area (Å²) in [6.45, 7) is 4.56. The van der Waals surface area contributed by atoms with E-state index in [1.54, 1.807) is 7.11 Å². The Kier molecular flexibility index (Phi) is 13.9. The van der Waals surface area contributed by atoms with Crippen LogP contribution in [0.1, 0.15) is 47.2 Å². The lowest BCUT2D eigenvalue weighted by Gasteiger charge is -2.52. The molecule has 0 unspecified atom stereocenters. The maximum atomic E-state index is 12.3. The first-order chi connectivity index (χ1) is 26.4. The Labute approximate surface area is 322 Å². The summed E-state index contributed by atoms with van der Waals surface area (Å²) < 4.78 is 45.3. The Morgan fingerprint density at radius 1 is 0.704 bits per heavy atom. The molecule has 1 aliphatic rings. The number of benzene rings is 5. The van der Waals surface area contributed by atoms with Crippen LogP contribution in [0.5, 0.6) is 5.75 Å². The van der Waals surface area contributed by atoms with E-state index in [0.29, 0.717) is 23.6 Å². The topological polar surface area (TPSA) is 81.7 Å². The van der Waals surface area contributed by atoms with Crippen molar-refractivity contribution >= 4 is 17.6 Å². The summed E-state index contributed by atoms with van der Waals surface area (Å²) in [7, 11) is 1.59. The van der Waals surface area contributed by atoms with Gasteiger partial charge in [-0.2, -0.15) is 0 Å². The Morgan fingerprint density at radius 2 is 1.26 bits per heavy atom. The second kappa shape index (κ2) is 19.2. The third kappa shape index (κ3) is 9.95. The number of esters is 1. The van der Waals surface area contributed by atoms with Gasteiger partial charge in [-0.1, -0.05) is 121 Å². The van der Waals surface area contributed by atoms with Gasteiger partial charge in [-0.3, -0.25) is 4.79 Å². The molecule has 0 N–H and O–H groups in total. The molecule has 6 rings (SSSR count). The summed E-state index contributed by atoms with van der Waals surface area (Å²) in [6.07, 6.45) is -2.66. The van der Waals surface area contributed by atoms with Crippen molar-refractivity contribution in [1.82, 2.24) is 0 Å². The number of hydrogen-bond acceptors (Lipinski definition) is 8. The molecular formula is C45H47ClO8. The van der Waals surface area contributed by atoms with E-state index in [9.17, 15) is 4.79 Å². The highest BCUT2D eigenvalue weighted by Gasteiger charge is 2.59. The Morgan fingerprint density at radius 3 is 1.80 bits per heavy atom. The molecule has 1 fully saturated rings. The molecule has 5 aromatic rings. The maximum absolute atomic E-state index is 12.3. The molecule has 1 heterocycles. The van der Waals surface area contributed by atoms with Gasteiger partial charge in [-0.25, -0.2) is 0 Å². The average Bonchev–Trinajstić information content (AvgIpc) is 3.20. The zero-order valence-electron chi connectivity index (χ0n) is 30.9. The monoisotopic (exact) mass is 750 g/mol. The molecule has 0 amide bonds. The molecule has 1 saturated heterocycles. The van der Waals surface area contributed by atoms with Crippen LogP contribution < -0.4 is 4.74 Å². The van der Waals surface area contributed by atoms with Crippen molar-refractivity contribution in [2.45, 2.75) is 70.3 Å². The third-order valence-electron chi connectivity index (χ3n) is 9.36. The zero-order valence-corrected chi connectivity index (χ0v) is 31.7. The highest BCUT2D eigenvalue weighted by molar-refractivity contribution is 6.31. The van der Waals surface area contributed by atoms with Gasteiger partial charge in [-0.05, 0) is 65.4 Å². The fourth-order valence-corrected chi connectivity index (χ4v) is 6.89. The summed E-state index contributed by atoms with van der Waals surface area (Å²) in [5.41, 5.74) is 5.47. The molecule has 0 bridgehead atoms. The van der Waals surface area contributed by atoms with Crippen molar-refractivity contribution < 1.29 is 38.0 Å². The van der Waals surface area contributed by atoms with Crippen LogP contribution in [0.4, 0.5) is 0 Å². The molecule has 1 aliphatic heterocycles. The summed E-state index contributed by atoms with van der Waals surface area (Å²) in [5.74, 6) is -1.19. The largest absolute Gasteiger partial charge is 0.494 e. The molecule has 5 atom stereocenters. The first-order valence-electron chi connectivity index (χ1n) is 18.2. The lowest BCUT2D eigenvalue weighted by molar-refractivity contribution is -0.384. The predicted molar refractivity (Wildman–Crippen MR) is 207 cm³/mol. The fraction of sp³-hybridized carbons (Fsp3) is 0.311. The molecule has 0 aliphatic carbocycles. The van der Waals surface area contributed by atoms with Crippen LogP contribution in [0.3, 0.4) is 0 Å². The van der Waals surface area contributed by atoms with Crippen LogP contribution in [0.15, 0.2) is 133 Å². The highest BCUT2D eigenvalue weighted by atomic mass is 35.5. The zero-order chi connectivity index (χ0) is 37.8. The molecular weight excluding hydrogens is 704 g/mol. The molecule has 0 spiro atoms. The lowest BCUT2D eigenvalue weighted by atomic mass is 9.86. The number of carbonyl (C=O) groups is 1. The second-order valence-corrected chi connectivity index (χ2v) is 13.5. The first kappa shape index (κ1) is 39.2. The van der Waals surface area contributed by atoms with Gasteiger partial charge in [0.1, 0.15) is 36.8 Å². The number of methoxy groups -OCH3 is 1. The minimum Gasteiger partial charge on any atom is -0.494 e.